The van der Waals surface area contributed by atoms with Crippen LogP contribution in [0.3, 0.4) is 0 Å². The summed E-state index contributed by atoms with van der Waals surface area (Å²) in [5.41, 5.74) is 4.49. The molecule has 1 N–H and O–H groups in total. The molecule has 1 heterocycles. The van der Waals surface area contributed by atoms with E-state index < -0.39 is 0 Å². The lowest BCUT2D eigenvalue weighted by molar-refractivity contribution is 0.181. The first kappa shape index (κ1) is 13.3. The lowest BCUT2D eigenvalue weighted by Gasteiger charge is -2.21. The predicted molar refractivity (Wildman–Crippen MR) is 77.9 cm³/mol. The monoisotopic (exact) mass is 272 g/mol. The summed E-state index contributed by atoms with van der Waals surface area (Å²) in [6.07, 6.45) is 0.221. The molecule has 0 amide bonds. The van der Waals surface area contributed by atoms with Crippen molar-refractivity contribution < 1.29 is 9.84 Å². The summed E-state index contributed by atoms with van der Waals surface area (Å²) in [4.78, 5) is 0. The van der Waals surface area contributed by atoms with Crippen LogP contribution in [0.25, 0.3) is 5.57 Å². The highest BCUT2D eigenvalue weighted by atomic mass is 16.5. The van der Waals surface area contributed by atoms with Crippen molar-refractivity contribution in [3.8, 4) is 5.75 Å². The standard InChI is InChI=1S/C16H20N2O2/c1-9(19)7-13-14-11-8-10(20-4)5-6-12(11)16(2,3)15(14)18-17-13/h5-6,8-9,13,19H,7H2,1-4H3. The zero-order valence-electron chi connectivity index (χ0n) is 12.3. The van der Waals surface area contributed by atoms with E-state index in [0.29, 0.717) is 6.42 Å². The number of fused-ring (bicyclic) bond motifs is 2. The van der Waals surface area contributed by atoms with Crippen LogP contribution in [0.5, 0.6) is 5.75 Å². The summed E-state index contributed by atoms with van der Waals surface area (Å²) in [5, 5.41) is 18.4. The molecule has 2 atom stereocenters. The van der Waals surface area contributed by atoms with Gasteiger partial charge >= 0.3 is 0 Å². The second kappa shape index (κ2) is 4.42. The van der Waals surface area contributed by atoms with Crippen LogP contribution < -0.4 is 4.74 Å². The quantitative estimate of drug-likeness (QED) is 0.917. The molecule has 1 aliphatic carbocycles. The Labute approximate surface area is 119 Å². The van der Waals surface area contributed by atoms with E-state index in [4.69, 9.17) is 4.74 Å². The number of aliphatic hydroxyl groups is 1. The van der Waals surface area contributed by atoms with Gasteiger partial charge in [-0.25, -0.2) is 0 Å². The zero-order valence-corrected chi connectivity index (χ0v) is 12.3. The van der Waals surface area contributed by atoms with Gasteiger partial charge in [-0.3, -0.25) is 0 Å². The number of hydrogen-bond acceptors (Lipinski definition) is 4. The van der Waals surface area contributed by atoms with E-state index >= 15 is 0 Å². The van der Waals surface area contributed by atoms with Crippen LogP contribution in [0, 0.1) is 0 Å². The Morgan fingerprint density at radius 1 is 1.40 bits per heavy atom. The van der Waals surface area contributed by atoms with E-state index in [-0.39, 0.29) is 17.6 Å². The van der Waals surface area contributed by atoms with E-state index in [0.717, 1.165) is 17.0 Å². The molecule has 0 fully saturated rings. The maximum atomic E-state index is 9.66. The van der Waals surface area contributed by atoms with Crippen LogP contribution in [0.1, 0.15) is 38.3 Å². The third-order valence-corrected chi connectivity index (χ3v) is 4.23. The summed E-state index contributed by atoms with van der Waals surface area (Å²) >= 11 is 0. The first-order valence-electron chi connectivity index (χ1n) is 6.97. The molecule has 0 bridgehead atoms. The van der Waals surface area contributed by atoms with Crippen molar-refractivity contribution >= 4 is 5.57 Å². The highest BCUT2D eigenvalue weighted by molar-refractivity contribution is 5.84. The first-order chi connectivity index (χ1) is 9.45. The summed E-state index contributed by atoms with van der Waals surface area (Å²) in [5.74, 6) is 0.844. The number of hydrogen-bond donors (Lipinski definition) is 1. The molecule has 0 spiro atoms. The number of ether oxygens (including phenoxy) is 1. The Morgan fingerprint density at radius 2 is 2.15 bits per heavy atom. The minimum atomic E-state index is -0.386. The molecule has 1 aromatic carbocycles. The van der Waals surface area contributed by atoms with Crippen LogP contribution >= 0.6 is 0 Å². The van der Waals surface area contributed by atoms with Crippen LogP contribution in [0.4, 0.5) is 0 Å². The first-order valence-corrected chi connectivity index (χ1v) is 6.97. The summed E-state index contributed by atoms with van der Waals surface area (Å²) in [7, 11) is 1.67. The van der Waals surface area contributed by atoms with Gasteiger partial charge in [-0.2, -0.15) is 10.2 Å². The third kappa shape index (κ3) is 1.79. The van der Waals surface area contributed by atoms with Crippen LogP contribution in [0.15, 0.2) is 34.1 Å². The number of azo groups is 1. The molecule has 2 unspecified atom stereocenters. The Morgan fingerprint density at radius 3 is 2.80 bits per heavy atom. The maximum absolute atomic E-state index is 9.66. The highest BCUT2D eigenvalue weighted by Crippen LogP contribution is 2.52. The SMILES string of the molecule is COc1ccc2c(c1)C1=C(N=NC1CC(C)O)C2(C)C. The minimum absolute atomic E-state index is 0.0439. The summed E-state index contributed by atoms with van der Waals surface area (Å²) in [6, 6.07) is 6.12. The minimum Gasteiger partial charge on any atom is -0.497 e. The second-order valence-corrected chi connectivity index (χ2v) is 6.11. The molecular formula is C16H20N2O2. The van der Waals surface area contributed by atoms with Crippen LogP contribution in [-0.4, -0.2) is 24.4 Å². The van der Waals surface area contributed by atoms with Crippen molar-refractivity contribution in [2.75, 3.05) is 7.11 Å². The fourth-order valence-corrected chi connectivity index (χ4v) is 3.20. The van der Waals surface area contributed by atoms with E-state index in [9.17, 15) is 5.11 Å². The topological polar surface area (TPSA) is 54.2 Å². The van der Waals surface area contributed by atoms with Gasteiger partial charge in [-0.05, 0) is 30.2 Å². The molecular weight excluding hydrogens is 252 g/mol. The fourth-order valence-electron chi connectivity index (χ4n) is 3.20. The fraction of sp³-hybridized carbons (Fsp3) is 0.500. The number of allylic oxidation sites excluding steroid dienone is 1. The summed E-state index contributed by atoms with van der Waals surface area (Å²) in [6.45, 7) is 6.13. The lowest BCUT2D eigenvalue weighted by atomic mass is 9.85. The Balaban J connectivity index is 2.11. The zero-order chi connectivity index (χ0) is 14.5. The highest BCUT2D eigenvalue weighted by Gasteiger charge is 2.43. The van der Waals surface area contributed by atoms with Gasteiger partial charge in [0.15, 0.2) is 0 Å². The van der Waals surface area contributed by atoms with Gasteiger partial charge in [0.1, 0.15) is 11.8 Å². The average molecular weight is 272 g/mol. The van der Waals surface area contributed by atoms with Crippen LogP contribution in [0.2, 0.25) is 0 Å². The molecule has 3 rings (SSSR count). The largest absolute Gasteiger partial charge is 0.497 e. The van der Waals surface area contributed by atoms with Gasteiger partial charge in [0.05, 0.1) is 18.9 Å². The second-order valence-electron chi connectivity index (χ2n) is 6.11. The Hall–Kier alpha value is -1.68. The van der Waals surface area contributed by atoms with E-state index in [1.165, 1.54) is 11.1 Å². The normalized spacial score (nSPS) is 23.8. The molecule has 0 saturated carbocycles. The Kier molecular flexibility index (Phi) is 2.94. The number of rotatable bonds is 3. The van der Waals surface area contributed by atoms with Crippen molar-refractivity contribution in [1.82, 2.24) is 0 Å². The van der Waals surface area contributed by atoms with E-state index in [2.05, 4.69) is 36.2 Å². The molecule has 106 valence electrons. The summed E-state index contributed by atoms with van der Waals surface area (Å²) < 4.78 is 5.34. The number of nitrogens with zero attached hydrogens (tertiary/aromatic N) is 2. The lowest BCUT2D eigenvalue weighted by Crippen LogP contribution is -2.15. The van der Waals surface area contributed by atoms with Crippen molar-refractivity contribution in [3.05, 3.63) is 35.0 Å². The van der Waals surface area contributed by atoms with E-state index in [1.807, 2.05) is 6.07 Å². The number of methoxy groups -OCH3 is 1. The molecule has 2 aliphatic rings. The molecule has 20 heavy (non-hydrogen) atoms. The van der Waals surface area contributed by atoms with Gasteiger partial charge < -0.3 is 9.84 Å². The van der Waals surface area contributed by atoms with Gasteiger partial charge in [0, 0.05) is 17.4 Å². The average Bonchev–Trinajstić information content (AvgIpc) is 2.89. The van der Waals surface area contributed by atoms with Gasteiger partial charge in [-0.1, -0.05) is 19.9 Å². The van der Waals surface area contributed by atoms with Crippen molar-refractivity contribution in [2.24, 2.45) is 10.2 Å². The molecule has 1 aromatic rings. The molecule has 0 radical (unpaired) electrons. The number of aliphatic hydroxyl groups excluding tert-OH is 1. The van der Waals surface area contributed by atoms with Crippen molar-refractivity contribution in [3.63, 3.8) is 0 Å². The van der Waals surface area contributed by atoms with Gasteiger partial charge in [0.25, 0.3) is 0 Å². The maximum Gasteiger partial charge on any atom is 0.119 e. The molecule has 0 saturated heterocycles. The smallest absolute Gasteiger partial charge is 0.119 e. The molecule has 4 nitrogen and oxygen atoms in total. The van der Waals surface area contributed by atoms with E-state index in [1.54, 1.807) is 14.0 Å². The van der Waals surface area contributed by atoms with Crippen molar-refractivity contribution in [2.45, 2.75) is 44.8 Å². The predicted octanol–water partition coefficient (Wildman–Crippen LogP) is 3.30. The third-order valence-electron chi connectivity index (χ3n) is 4.23. The van der Waals surface area contributed by atoms with Gasteiger partial charge in [0.2, 0.25) is 0 Å². The molecule has 0 aromatic heterocycles. The molecule has 4 heteroatoms. The molecule has 1 aliphatic heterocycles. The Bertz CT molecular complexity index is 615. The van der Waals surface area contributed by atoms with Crippen LogP contribution in [-0.2, 0) is 5.41 Å². The van der Waals surface area contributed by atoms with Gasteiger partial charge in [-0.15, -0.1) is 0 Å². The van der Waals surface area contributed by atoms with Crippen molar-refractivity contribution in [1.29, 1.82) is 0 Å². The number of benzene rings is 1.